The van der Waals surface area contributed by atoms with Crippen LogP contribution in [0.3, 0.4) is 0 Å². The highest BCUT2D eigenvalue weighted by atomic mass is 32.2. The van der Waals surface area contributed by atoms with Crippen LogP contribution in [0.25, 0.3) is 6.08 Å². The Hall–Kier alpha value is -2.90. The van der Waals surface area contributed by atoms with Crippen LogP contribution in [0, 0.1) is 0 Å². The maximum Gasteiger partial charge on any atom is 0.285 e. The summed E-state index contributed by atoms with van der Waals surface area (Å²) in [6, 6.07) is 15.5. The van der Waals surface area contributed by atoms with Crippen LogP contribution < -0.4 is 5.43 Å². The van der Waals surface area contributed by atoms with Gasteiger partial charge in [0.2, 0.25) is 0 Å². The summed E-state index contributed by atoms with van der Waals surface area (Å²) in [7, 11) is 0. The third-order valence-electron chi connectivity index (χ3n) is 3.69. The van der Waals surface area contributed by atoms with Gasteiger partial charge in [0.15, 0.2) is 4.32 Å². The minimum Gasteiger partial charge on any atom is -0.508 e. The van der Waals surface area contributed by atoms with Crippen LogP contribution in [0.2, 0.25) is 0 Å². The number of rotatable bonds is 4. The quantitative estimate of drug-likeness (QED) is 0.606. The van der Waals surface area contributed by atoms with E-state index in [9.17, 15) is 14.7 Å². The number of amides is 2. The molecular weight excluding hydrogens is 380 g/mol. The minimum atomic E-state index is -0.482. The average Bonchev–Trinajstić information content (AvgIpc) is 2.90. The monoisotopic (exact) mass is 396 g/mol. The lowest BCUT2D eigenvalue weighted by atomic mass is 10.1. The van der Waals surface area contributed by atoms with Gasteiger partial charge >= 0.3 is 0 Å². The molecule has 7 heteroatoms. The van der Waals surface area contributed by atoms with Gasteiger partial charge in [-0.1, -0.05) is 48.2 Å². The molecule has 0 atom stereocenters. The van der Waals surface area contributed by atoms with Crippen molar-refractivity contribution in [2.45, 2.75) is 6.92 Å². The van der Waals surface area contributed by atoms with Crippen molar-refractivity contribution in [1.82, 2.24) is 10.4 Å². The Morgan fingerprint density at radius 1 is 1.15 bits per heavy atom. The molecule has 136 valence electrons. The molecule has 0 saturated carbocycles. The second-order valence-corrected chi connectivity index (χ2v) is 7.48. The molecule has 0 radical (unpaired) electrons. The van der Waals surface area contributed by atoms with E-state index >= 15 is 0 Å². The van der Waals surface area contributed by atoms with Crippen molar-refractivity contribution in [2.75, 3.05) is 0 Å². The molecule has 3 rings (SSSR count). The third kappa shape index (κ3) is 4.64. The summed E-state index contributed by atoms with van der Waals surface area (Å²) >= 11 is 6.35. The molecular formula is C20H16N2O3S2. The number of thiocarbonyl (C=S) groups is 1. The maximum absolute atomic E-state index is 12.6. The zero-order chi connectivity index (χ0) is 19.4. The zero-order valence-corrected chi connectivity index (χ0v) is 16.0. The lowest BCUT2D eigenvalue weighted by Crippen LogP contribution is -2.44. The number of phenols is 1. The highest BCUT2D eigenvalue weighted by Gasteiger charge is 2.33. The maximum atomic E-state index is 12.6. The number of benzene rings is 2. The number of phenolic OH excluding ortho intramolecular Hbond substituents is 1. The Kier molecular flexibility index (Phi) is 5.73. The van der Waals surface area contributed by atoms with Gasteiger partial charge in [-0.05, 0) is 60.6 Å². The highest BCUT2D eigenvalue weighted by Crippen LogP contribution is 2.31. The van der Waals surface area contributed by atoms with Crippen molar-refractivity contribution in [3.8, 4) is 5.75 Å². The Morgan fingerprint density at radius 3 is 2.48 bits per heavy atom. The van der Waals surface area contributed by atoms with Crippen LogP contribution in [0.5, 0.6) is 5.75 Å². The Labute approximate surface area is 166 Å². The van der Waals surface area contributed by atoms with Crippen molar-refractivity contribution in [2.24, 2.45) is 0 Å². The first-order chi connectivity index (χ1) is 12.9. The van der Waals surface area contributed by atoms with Gasteiger partial charge in [-0.15, -0.1) is 0 Å². The van der Waals surface area contributed by atoms with E-state index in [4.69, 9.17) is 12.2 Å². The van der Waals surface area contributed by atoms with Gasteiger partial charge < -0.3 is 5.11 Å². The molecule has 2 aromatic rings. The number of nitrogens with one attached hydrogen (secondary N) is 1. The lowest BCUT2D eigenvalue weighted by Gasteiger charge is -2.15. The van der Waals surface area contributed by atoms with Gasteiger partial charge in [-0.3, -0.25) is 15.0 Å². The van der Waals surface area contributed by atoms with Gasteiger partial charge in [-0.2, -0.15) is 5.01 Å². The lowest BCUT2D eigenvalue weighted by molar-refractivity contribution is -0.123. The SMILES string of the molecule is CC(=Cc1ccccc1)/C=C1\SC(=S)N(NC(=O)c2ccc(O)cc2)C1=O. The number of carbonyl (C=O) groups excluding carboxylic acids is 2. The van der Waals surface area contributed by atoms with Crippen LogP contribution in [0.15, 0.2) is 71.2 Å². The summed E-state index contributed by atoms with van der Waals surface area (Å²) < 4.78 is 0.255. The van der Waals surface area contributed by atoms with Crippen LogP contribution in [-0.4, -0.2) is 26.3 Å². The molecule has 2 amide bonds. The van der Waals surface area contributed by atoms with Gasteiger partial charge in [0.25, 0.3) is 11.8 Å². The Morgan fingerprint density at radius 2 is 1.81 bits per heavy atom. The molecule has 0 bridgehead atoms. The van der Waals surface area contributed by atoms with Gasteiger partial charge in [-0.25, -0.2) is 0 Å². The number of carbonyl (C=O) groups is 2. The Balaban J connectivity index is 1.73. The van der Waals surface area contributed by atoms with Crippen LogP contribution in [0.1, 0.15) is 22.8 Å². The zero-order valence-electron chi connectivity index (χ0n) is 14.4. The molecule has 0 unspecified atom stereocenters. The van der Waals surface area contributed by atoms with E-state index in [0.717, 1.165) is 27.9 Å². The van der Waals surface area contributed by atoms with Crippen LogP contribution in [-0.2, 0) is 4.79 Å². The van der Waals surface area contributed by atoms with Gasteiger partial charge in [0, 0.05) is 5.56 Å². The van der Waals surface area contributed by atoms with Crippen LogP contribution in [0.4, 0.5) is 0 Å². The molecule has 1 saturated heterocycles. The van der Waals surface area contributed by atoms with E-state index in [1.54, 1.807) is 6.08 Å². The number of nitrogens with zero attached hydrogens (tertiary/aromatic N) is 1. The van der Waals surface area contributed by atoms with Crippen molar-refractivity contribution < 1.29 is 14.7 Å². The standard InChI is InChI=1S/C20H16N2O3S2/c1-13(11-14-5-3-2-4-6-14)12-17-19(25)22(20(26)27-17)21-18(24)15-7-9-16(23)10-8-15/h2-12,23H,1H3,(H,21,24)/b13-11?,17-12-. The average molecular weight is 396 g/mol. The summed E-state index contributed by atoms with van der Waals surface area (Å²) in [4.78, 5) is 25.3. The molecule has 1 aliphatic heterocycles. The summed E-state index contributed by atoms with van der Waals surface area (Å²) in [5.41, 5.74) is 4.74. The predicted molar refractivity (Wildman–Crippen MR) is 111 cm³/mol. The molecule has 2 aromatic carbocycles. The largest absolute Gasteiger partial charge is 0.508 e. The van der Waals surface area contributed by atoms with Crippen molar-refractivity contribution in [3.63, 3.8) is 0 Å². The molecule has 0 aliphatic carbocycles. The molecule has 0 aromatic heterocycles. The molecule has 27 heavy (non-hydrogen) atoms. The number of hydrogen-bond donors (Lipinski definition) is 2. The fourth-order valence-electron chi connectivity index (χ4n) is 2.40. The van der Waals surface area contributed by atoms with Gasteiger partial charge in [0.1, 0.15) is 5.75 Å². The summed E-state index contributed by atoms with van der Waals surface area (Å²) in [5.74, 6) is -0.803. The van der Waals surface area contributed by atoms with Crippen LogP contribution >= 0.6 is 24.0 Å². The van der Waals surface area contributed by atoms with Crippen molar-refractivity contribution >= 4 is 46.2 Å². The number of hydrogen-bond acceptors (Lipinski definition) is 5. The predicted octanol–water partition coefficient (Wildman–Crippen LogP) is 3.88. The van der Waals surface area contributed by atoms with E-state index in [1.165, 1.54) is 24.3 Å². The fourth-order valence-corrected chi connectivity index (χ4v) is 3.63. The molecule has 2 N–H and O–H groups in total. The van der Waals surface area contributed by atoms with E-state index in [1.807, 2.05) is 43.3 Å². The summed E-state index contributed by atoms with van der Waals surface area (Å²) in [6.07, 6.45) is 3.71. The molecule has 1 heterocycles. The van der Waals surface area contributed by atoms with Crippen molar-refractivity contribution in [3.05, 3.63) is 82.3 Å². The first-order valence-electron chi connectivity index (χ1n) is 8.05. The highest BCUT2D eigenvalue weighted by molar-refractivity contribution is 8.26. The van der Waals surface area contributed by atoms with E-state index in [0.29, 0.717) is 10.5 Å². The Bertz CT molecular complexity index is 951. The molecule has 1 aliphatic rings. The number of allylic oxidation sites excluding steroid dienone is 2. The first-order valence-corrected chi connectivity index (χ1v) is 9.28. The summed E-state index contributed by atoms with van der Waals surface area (Å²) in [6.45, 7) is 1.90. The second kappa shape index (κ2) is 8.20. The number of thioether (sulfide) groups is 1. The van der Waals surface area contributed by atoms with E-state index < -0.39 is 5.91 Å². The fraction of sp³-hybridized carbons (Fsp3) is 0.0500. The third-order valence-corrected chi connectivity index (χ3v) is 4.99. The smallest absolute Gasteiger partial charge is 0.285 e. The van der Waals surface area contributed by atoms with E-state index in [2.05, 4.69) is 5.43 Å². The molecule has 5 nitrogen and oxygen atoms in total. The van der Waals surface area contributed by atoms with E-state index in [-0.39, 0.29) is 16.0 Å². The molecule has 0 spiro atoms. The number of aromatic hydroxyl groups is 1. The topological polar surface area (TPSA) is 69.6 Å². The number of hydrazine groups is 1. The first kappa shape index (κ1) is 18.9. The second-order valence-electron chi connectivity index (χ2n) is 5.80. The van der Waals surface area contributed by atoms with Crippen molar-refractivity contribution in [1.29, 1.82) is 0 Å². The van der Waals surface area contributed by atoms with Gasteiger partial charge in [0.05, 0.1) is 4.91 Å². The molecule has 1 fully saturated rings. The minimum absolute atomic E-state index is 0.0563. The normalized spacial score (nSPS) is 16.1. The summed E-state index contributed by atoms with van der Waals surface area (Å²) in [5, 5.41) is 10.4.